The molecule has 1 unspecified atom stereocenters. The largest absolute Gasteiger partial charge is 0.302 e. The summed E-state index contributed by atoms with van der Waals surface area (Å²) in [5, 5.41) is 2.91. The first-order valence-electron chi connectivity index (χ1n) is 5.73. The van der Waals surface area contributed by atoms with Gasteiger partial charge in [-0.15, -0.1) is 0 Å². The van der Waals surface area contributed by atoms with Crippen LogP contribution < -0.4 is 0 Å². The molecule has 0 N–H and O–H groups in total. The van der Waals surface area contributed by atoms with Crippen LogP contribution in [0.3, 0.4) is 0 Å². The average Bonchev–Trinajstić information content (AvgIpc) is 2.58. The van der Waals surface area contributed by atoms with E-state index in [0.29, 0.717) is 23.2 Å². The monoisotopic (exact) mass is 287 g/mol. The molecular formula is C13H15Cl2NO2. The molecule has 0 saturated carbocycles. The zero-order valence-electron chi connectivity index (χ0n) is 10.3. The summed E-state index contributed by atoms with van der Waals surface area (Å²) in [7, 11) is 0. The van der Waals surface area contributed by atoms with Crippen molar-refractivity contribution in [2.75, 3.05) is 6.61 Å². The zero-order chi connectivity index (χ0) is 13.3. The van der Waals surface area contributed by atoms with Crippen molar-refractivity contribution in [2.24, 2.45) is 5.41 Å². The zero-order valence-corrected chi connectivity index (χ0v) is 11.8. The first kappa shape index (κ1) is 13.8. The van der Waals surface area contributed by atoms with Gasteiger partial charge in [0.05, 0.1) is 19.2 Å². The maximum absolute atomic E-state index is 11.2. The maximum Gasteiger partial charge on any atom is 0.140 e. The maximum atomic E-state index is 11.2. The number of hydroxylamine groups is 2. The summed E-state index contributed by atoms with van der Waals surface area (Å²) in [5.74, 6) is 0. The highest BCUT2D eigenvalue weighted by atomic mass is 35.5. The van der Waals surface area contributed by atoms with Crippen molar-refractivity contribution in [1.29, 1.82) is 0 Å². The smallest absolute Gasteiger partial charge is 0.140 e. The van der Waals surface area contributed by atoms with E-state index in [2.05, 4.69) is 0 Å². The predicted molar refractivity (Wildman–Crippen MR) is 71.6 cm³/mol. The van der Waals surface area contributed by atoms with Crippen LogP contribution >= 0.6 is 23.2 Å². The molecule has 0 radical (unpaired) electrons. The molecule has 1 aliphatic rings. The molecule has 1 atom stereocenters. The lowest BCUT2D eigenvalue weighted by atomic mass is 9.87. The van der Waals surface area contributed by atoms with Gasteiger partial charge in [-0.3, -0.25) is 4.84 Å². The van der Waals surface area contributed by atoms with E-state index in [9.17, 15) is 4.79 Å². The van der Waals surface area contributed by atoms with Gasteiger partial charge in [-0.2, -0.15) is 5.06 Å². The molecule has 0 spiro atoms. The number of nitrogens with zero attached hydrogens (tertiary/aromatic N) is 1. The lowest BCUT2D eigenvalue weighted by Gasteiger charge is -2.24. The Bertz CT molecular complexity index is 462. The van der Waals surface area contributed by atoms with E-state index < -0.39 is 0 Å². The second-order valence-electron chi connectivity index (χ2n) is 5.15. The number of aldehydes is 1. The summed E-state index contributed by atoms with van der Waals surface area (Å²) < 4.78 is 0. The third-order valence-electron chi connectivity index (χ3n) is 3.18. The van der Waals surface area contributed by atoms with Gasteiger partial charge in [0, 0.05) is 15.5 Å². The molecule has 3 nitrogen and oxygen atoms in total. The molecule has 2 rings (SSSR count). The first-order valence-corrected chi connectivity index (χ1v) is 6.48. The molecule has 0 aromatic heterocycles. The molecule has 0 amide bonds. The van der Waals surface area contributed by atoms with Crippen LogP contribution in [-0.2, 0) is 16.2 Å². The van der Waals surface area contributed by atoms with Crippen molar-refractivity contribution in [1.82, 2.24) is 5.06 Å². The minimum Gasteiger partial charge on any atom is -0.302 e. The Morgan fingerprint density at radius 2 is 2.22 bits per heavy atom. The second-order valence-corrected chi connectivity index (χ2v) is 6.00. The Labute approximate surface area is 117 Å². The first-order chi connectivity index (χ1) is 8.44. The summed E-state index contributed by atoms with van der Waals surface area (Å²) in [6, 6.07) is 5.00. The summed E-state index contributed by atoms with van der Waals surface area (Å²) in [6.45, 7) is 4.98. The molecule has 98 valence electrons. The van der Waals surface area contributed by atoms with Crippen LogP contribution in [-0.4, -0.2) is 24.0 Å². The van der Waals surface area contributed by atoms with E-state index in [0.717, 1.165) is 11.8 Å². The fourth-order valence-corrected chi connectivity index (χ4v) is 2.41. The Balaban J connectivity index is 2.19. The Kier molecular flexibility index (Phi) is 3.97. The van der Waals surface area contributed by atoms with Gasteiger partial charge in [0.15, 0.2) is 0 Å². The molecule has 0 aliphatic carbocycles. The lowest BCUT2D eigenvalue weighted by Crippen LogP contribution is -2.37. The molecule has 1 saturated heterocycles. The molecule has 5 heteroatoms. The minimum atomic E-state index is -0.271. The molecular weight excluding hydrogens is 273 g/mol. The Morgan fingerprint density at radius 1 is 1.50 bits per heavy atom. The van der Waals surface area contributed by atoms with Crippen LogP contribution in [0.15, 0.2) is 18.2 Å². The molecule has 1 heterocycles. The predicted octanol–water partition coefficient (Wildman–Crippen LogP) is 3.33. The number of carbonyl (C=O) groups excluding carboxylic acids is 1. The van der Waals surface area contributed by atoms with Crippen molar-refractivity contribution in [2.45, 2.75) is 26.4 Å². The van der Waals surface area contributed by atoms with Gasteiger partial charge in [-0.25, -0.2) is 0 Å². The third-order valence-corrected chi connectivity index (χ3v) is 3.78. The van der Waals surface area contributed by atoms with E-state index in [1.54, 1.807) is 23.3 Å². The molecule has 1 fully saturated rings. The van der Waals surface area contributed by atoms with Crippen LogP contribution in [0.25, 0.3) is 0 Å². The fraction of sp³-hybridized carbons (Fsp3) is 0.462. The third kappa shape index (κ3) is 2.69. The highest BCUT2D eigenvalue weighted by Crippen LogP contribution is 2.34. The van der Waals surface area contributed by atoms with Crippen molar-refractivity contribution < 1.29 is 9.63 Å². The normalized spacial score (nSPS) is 23.2. The molecule has 1 aromatic rings. The molecule has 18 heavy (non-hydrogen) atoms. The number of hydrogen-bond donors (Lipinski definition) is 0. The van der Waals surface area contributed by atoms with Gasteiger partial charge in [0.2, 0.25) is 0 Å². The van der Waals surface area contributed by atoms with Crippen molar-refractivity contribution in [3.8, 4) is 0 Å². The number of rotatable bonds is 3. The van der Waals surface area contributed by atoms with Gasteiger partial charge in [-0.1, -0.05) is 37.0 Å². The standard InChI is InChI=1S/C13H15Cl2NO2/c1-13(2)8-18-16(12(13)7-17)6-9-5-10(14)3-4-11(9)15/h3-5,7,12H,6,8H2,1-2H3. The summed E-state index contributed by atoms with van der Waals surface area (Å²) in [5.41, 5.74) is 0.668. The minimum absolute atomic E-state index is 0.188. The molecule has 1 aliphatic heterocycles. The summed E-state index contributed by atoms with van der Waals surface area (Å²) in [6.07, 6.45) is 0.922. The fourth-order valence-electron chi connectivity index (χ4n) is 2.03. The Morgan fingerprint density at radius 3 is 2.89 bits per heavy atom. The van der Waals surface area contributed by atoms with Crippen molar-refractivity contribution in [3.63, 3.8) is 0 Å². The highest BCUT2D eigenvalue weighted by molar-refractivity contribution is 6.33. The number of hydrogen-bond acceptors (Lipinski definition) is 3. The second kappa shape index (κ2) is 5.17. The molecule has 0 bridgehead atoms. The number of halogens is 2. The number of benzene rings is 1. The highest BCUT2D eigenvalue weighted by Gasteiger charge is 2.41. The van der Waals surface area contributed by atoms with Gasteiger partial charge >= 0.3 is 0 Å². The van der Waals surface area contributed by atoms with E-state index in [1.807, 2.05) is 13.8 Å². The van der Waals surface area contributed by atoms with Crippen LogP contribution in [0.5, 0.6) is 0 Å². The SMILES string of the molecule is CC1(C)CON(Cc2cc(Cl)ccc2Cl)C1C=O. The van der Waals surface area contributed by atoms with Gasteiger partial charge in [0.1, 0.15) is 6.29 Å². The van der Waals surface area contributed by atoms with Gasteiger partial charge < -0.3 is 4.79 Å². The Hall–Kier alpha value is -0.610. The average molecular weight is 288 g/mol. The quantitative estimate of drug-likeness (QED) is 0.799. The van der Waals surface area contributed by atoms with Gasteiger partial charge in [-0.05, 0) is 23.8 Å². The van der Waals surface area contributed by atoms with Crippen molar-refractivity contribution >= 4 is 29.5 Å². The number of carbonyl (C=O) groups is 1. The summed E-state index contributed by atoms with van der Waals surface area (Å²) in [4.78, 5) is 16.8. The van der Waals surface area contributed by atoms with Gasteiger partial charge in [0.25, 0.3) is 0 Å². The van der Waals surface area contributed by atoms with E-state index in [4.69, 9.17) is 28.0 Å². The topological polar surface area (TPSA) is 29.5 Å². The van der Waals surface area contributed by atoms with Crippen LogP contribution in [0.2, 0.25) is 10.0 Å². The van der Waals surface area contributed by atoms with Crippen molar-refractivity contribution in [3.05, 3.63) is 33.8 Å². The summed E-state index contributed by atoms with van der Waals surface area (Å²) >= 11 is 12.0. The van der Waals surface area contributed by atoms with E-state index in [1.165, 1.54) is 0 Å². The van der Waals surface area contributed by atoms with E-state index in [-0.39, 0.29) is 11.5 Å². The van der Waals surface area contributed by atoms with Crippen LogP contribution in [0, 0.1) is 5.41 Å². The lowest BCUT2D eigenvalue weighted by molar-refractivity contribution is -0.148. The van der Waals surface area contributed by atoms with Crippen LogP contribution in [0.1, 0.15) is 19.4 Å². The molecule has 1 aromatic carbocycles. The van der Waals surface area contributed by atoms with Crippen LogP contribution in [0.4, 0.5) is 0 Å². The van der Waals surface area contributed by atoms with E-state index >= 15 is 0 Å².